The summed E-state index contributed by atoms with van der Waals surface area (Å²) < 4.78 is 29.6. The largest absolute Gasteiger partial charge is 0.341 e. The van der Waals surface area contributed by atoms with E-state index in [0.717, 1.165) is 30.4 Å². The molecule has 168 valence electrons. The summed E-state index contributed by atoms with van der Waals surface area (Å²) in [6.07, 6.45) is 2.63. The third-order valence-corrected chi connectivity index (χ3v) is 7.15. The minimum Gasteiger partial charge on any atom is -0.262 e. The number of anilines is 2. The molecule has 2 amide bonds. The number of carbonyl (C=O) groups excluding carboxylic acids is 1. The molecule has 1 heterocycles. The van der Waals surface area contributed by atoms with Crippen molar-refractivity contribution in [3.63, 3.8) is 0 Å². The van der Waals surface area contributed by atoms with Gasteiger partial charge in [-0.3, -0.25) is 4.90 Å². The van der Waals surface area contributed by atoms with Crippen LogP contribution in [0, 0.1) is 0 Å². The van der Waals surface area contributed by atoms with Crippen LogP contribution in [0.4, 0.5) is 16.2 Å². The van der Waals surface area contributed by atoms with Gasteiger partial charge in [0, 0.05) is 13.1 Å². The first-order chi connectivity index (χ1) is 14.7. The molecule has 1 saturated heterocycles. The number of hydrogen-bond acceptors (Lipinski definition) is 3. The zero-order chi connectivity index (χ0) is 22.6. The number of rotatable bonds is 6. The van der Waals surface area contributed by atoms with Gasteiger partial charge in [-0.25, -0.2) is 9.52 Å². The van der Waals surface area contributed by atoms with Crippen molar-refractivity contribution in [2.75, 3.05) is 18.0 Å². The van der Waals surface area contributed by atoms with Crippen molar-refractivity contribution in [1.29, 1.82) is 0 Å². The lowest BCUT2D eigenvalue weighted by Gasteiger charge is -2.31. The summed E-state index contributed by atoms with van der Waals surface area (Å²) in [5, 5.41) is 0. The lowest BCUT2D eigenvalue weighted by molar-refractivity contribution is 0.251. The molecular formula is C24H33N3O3S. The molecule has 31 heavy (non-hydrogen) atoms. The highest BCUT2D eigenvalue weighted by molar-refractivity contribution is 7.87. The topological polar surface area (TPSA) is 69.7 Å². The Labute approximate surface area is 186 Å². The molecule has 1 aliphatic rings. The molecule has 2 aromatic rings. The van der Waals surface area contributed by atoms with Gasteiger partial charge >= 0.3 is 16.2 Å². The van der Waals surface area contributed by atoms with Crippen LogP contribution < -0.4 is 9.62 Å². The molecule has 0 atom stereocenters. The second-order valence-corrected chi connectivity index (χ2v) is 10.3. The molecule has 0 unspecified atom stereocenters. The Balaban J connectivity index is 2.08. The SMILES string of the molecule is CC(C)c1ccccc1N(C(=O)NS(=O)(=O)N1CCCCC1)c1ccccc1C(C)C. The van der Waals surface area contributed by atoms with Crippen molar-refractivity contribution in [3.05, 3.63) is 59.7 Å². The lowest BCUT2D eigenvalue weighted by Crippen LogP contribution is -2.49. The minimum absolute atomic E-state index is 0.163. The van der Waals surface area contributed by atoms with Gasteiger partial charge in [0.15, 0.2) is 0 Å². The summed E-state index contributed by atoms with van der Waals surface area (Å²) >= 11 is 0. The number of benzene rings is 2. The van der Waals surface area contributed by atoms with Crippen LogP contribution in [0.25, 0.3) is 0 Å². The van der Waals surface area contributed by atoms with Gasteiger partial charge in [-0.1, -0.05) is 70.5 Å². The standard InChI is InChI=1S/C24H33N3O3S/c1-18(2)20-12-6-8-14-22(20)27(23-15-9-7-13-21(23)19(3)4)24(28)25-31(29,30)26-16-10-5-11-17-26/h6-9,12-15,18-19H,5,10-11,16-17H2,1-4H3,(H,25,28). The van der Waals surface area contributed by atoms with E-state index in [-0.39, 0.29) is 11.8 Å². The molecule has 6 nitrogen and oxygen atoms in total. The number of urea groups is 1. The van der Waals surface area contributed by atoms with E-state index in [1.54, 1.807) is 0 Å². The van der Waals surface area contributed by atoms with Gasteiger partial charge in [0.05, 0.1) is 11.4 Å². The molecule has 3 rings (SSSR count). The van der Waals surface area contributed by atoms with Gasteiger partial charge in [0.25, 0.3) is 0 Å². The summed E-state index contributed by atoms with van der Waals surface area (Å²) in [5.41, 5.74) is 3.34. The van der Waals surface area contributed by atoms with E-state index in [4.69, 9.17) is 0 Å². The second-order valence-electron chi connectivity index (χ2n) is 8.63. The first-order valence-electron chi connectivity index (χ1n) is 11.0. The van der Waals surface area contributed by atoms with Gasteiger partial charge in [-0.2, -0.15) is 12.7 Å². The number of carbonyl (C=O) groups is 1. The average Bonchev–Trinajstić information content (AvgIpc) is 2.74. The van der Waals surface area contributed by atoms with Crippen LogP contribution in [0.15, 0.2) is 48.5 Å². The number of amides is 2. The fourth-order valence-electron chi connectivity index (χ4n) is 4.03. The zero-order valence-corrected chi connectivity index (χ0v) is 19.7. The van der Waals surface area contributed by atoms with Crippen molar-refractivity contribution in [1.82, 2.24) is 9.03 Å². The van der Waals surface area contributed by atoms with Gasteiger partial charge in [-0.05, 0) is 47.9 Å². The van der Waals surface area contributed by atoms with E-state index in [2.05, 4.69) is 32.4 Å². The van der Waals surface area contributed by atoms with Crippen LogP contribution in [0.5, 0.6) is 0 Å². The van der Waals surface area contributed by atoms with E-state index in [1.165, 1.54) is 9.21 Å². The third-order valence-electron chi connectivity index (χ3n) is 5.67. The predicted molar refractivity (Wildman–Crippen MR) is 126 cm³/mol. The van der Waals surface area contributed by atoms with E-state index in [1.807, 2.05) is 48.5 Å². The molecular weight excluding hydrogens is 410 g/mol. The highest BCUT2D eigenvalue weighted by atomic mass is 32.2. The molecule has 1 N–H and O–H groups in total. The Hall–Kier alpha value is -2.38. The van der Waals surface area contributed by atoms with Crippen LogP contribution in [-0.2, 0) is 10.2 Å². The van der Waals surface area contributed by atoms with E-state index in [9.17, 15) is 13.2 Å². The summed E-state index contributed by atoms with van der Waals surface area (Å²) in [5.74, 6) is 0.327. The fraction of sp³-hybridized carbons (Fsp3) is 0.458. The summed E-state index contributed by atoms with van der Waals surface area (Å²) in [6.45, 7) is 9.13. The summed E-state index contributed by atoms with van der Waals surface area (Å²) in [6, 6.07) is 14.7. The maximum atomic E-state index is 13.6. The van der Waals surface area contributed by atoms with Crippen LogP contribution in [-0.4, -0.2) is 31.8 Å². The van der Waals surface area contributed by atoms with Crippen molar-refractivity contribution in [2.45, 2.75) is 58.8 Å². The monoisotopic (exact) mass is 443 g/mol. The molecule has 0 aliphatic carbocycles. The normalized spacial score (nSPS) is 15.3. The molecule has 0 saturated carbocycles. The Morgan fingerprint density at radius 3 is 1.74 bits per heavy atom. The van der Waals surface area contributed by atoms with Gasteiger partial charge in [0.2, 0.25) is 0 Å². The first-order valence-corrected chi connectivity index (χ1v) is 12.5. The molecule has 7 heteroatoms. The molecule has 0 bridgehead atoms. The number of nitrogens with zero attached hydrogens (tertiary/aromatic N) is 2. The molecule has 0 aromatic heterocycles. The van der Waals surface area contributed by atoms with Crippen LogP contribution in [0.2, 0.25) is 0 Å². The average molecular weight is 444 g/mol. The minimum atomic E-state index is -3.92. The number of piperidine rings is 1. The van der Waals surface area contributed by atoms with Crippen molar-refractivity contribution >= 4 is 27.6 Å². The zero-order valence-electron chi connectivity index (χ0n) is 18.8. The molecule has 1 fully saturated rings. The molecule has 1 aliphatic heterocycles. The maximum Gasteiger partial charge on any atom is 0.341 e. The summed E-state index contributed by atoms with van der Waals surface area (Å²) in [7, 11) is -3.92. The van der Waals surface area contributed by atoms with Crippen LogP contribution >= 0.6 is 0 Å². The van der Waals surface area contributed by atoms with Crippen LogP contribution in [0.1, 0.15) is 69.9 Å². The quantitative estimate of drug-likeness (QED) is 0.640. The number of nitrogens with one attached hydrogen (secondary N) is 1. The Morgan fingerprint density at radius 1 is 0.839 bits per heavy atom. The Bertz CT molecular complexity index is 961. The Kier molecular flexibility index (Phi) is 7.38. The van der Waals surface area contributed by atoms with E-state index >= 15 is 0 Å². The maximum absolute atomic E-state index is 13.6. The summed E-state index contributed by atoms with van der Waals surface area (Å²) in [4.78, 5) is 15.1. The first kappa shape index (κ1) is 23.3. The third kappa shape index (κ3) is 5.28. The van der Waals surface area contributed by atoms with E-state index < -0.39 is 16.2 Å². The van der Waals surface area contributed by atoms with Crippen molar-refractivity contribution in [3.8, 4) is 0 Å². The molecule has 0 spiro atoms. The van der Waals surface area contributed by atoms with Crippen molar-refractivity contribution < 1.29 is 13.2 Å². The second kappa shape index (κ2) is 9.83. The fourth-order valence-corrected chi connectivity index (χ4v) is 5.21. The van der Waals surface area contributed by atoms with Crippen molar-refractivity contribution in [2.24, 2.45) is 0 Å². The lowest BCUT2D eigenvalue weighted by atomic mass is 9.97. The predicted octanol–water partition coefficient (Wildman–Crippen LogP) is 5.51. The van der Waals surface area contributed by atoms with Gasteiger partial charge in [-0.15, -0.1) is 0 Å². The van der Waals surface area contributed by atoms with E-state index in [0.29, 0.717) is 24.5 Å². The highest BCUT2D eigenvalue weighted by Crippen LogP contribution is 2.37. The molecule has 2 aromatic carbocycles. The van der Waals surface area contributed by atoms with Gasteiger partial charge in [0.1, 0.15) is 0 Å². The van der Waals surface area contributed by atoms with Gasteiger partial charge < -0.3 is 0 Å². The molecule has 0 radical (unpaired) electrons. The smallest absolute Gasteiger partial charge is 0.262 e. The number of para-hydroxylation sites is 2. The van der Waals surface area contributed by atoms with Crippen LogP contribution in [0.3, 0.4) is 0 Å². The number of hydrogen-bond donors (Lipinski definition) is 1. The highest BCUT2D eigenvalue weighted by Gasteiger charge is 2.31. The Morgan fingerprint density at radius 2 is 1.29 bits per heavy atom.